The lowest BCUT2D eigenvalue weighted by Crippen LogP contribution is -2.09. The zero-order valence-electron chi connectivity index (χ0n) is 12.5. The fraction of sp³-hybridized carbons (Fsp3) is 0.357. The lowest BCUT2D eigenvalue weighted by atomic mass is 10.2. The first-order chi connectivity index (χ1) is 10.7. The van der Waals surface area contributed by atoms with Crippen molar-refractivity contribution in [3.8, 4) is 11.5 Å². The summed E-state index contributed by atoms with van der Waals surface area (Å²) in [5.41, 5.74) is 0.857. The van der Waals surface area contributed by atoms with Crippen LogP contribution in [0, 0.1) is 0 Å². The van der Waals surface area contributed by atoms with E-state index in [4.69, 9.17) is 21.1 Å². The van der Waals surface area contributed by atoms with Gasteiger partial charge >= 0.3 is 0 Å². The SMILES string of the molecule is C=CCn1nnnc1NCc1cc(OC)c(OCC)cc1Cl. The third-order valence-corrected chi connectivity index (χ3v) is 3.26. The normalized spacial score (nSPS) is 10.3. The van der Waals surface area contributed by atoms with Gasteiger partial charge in [0.1, 0.15) is 0 Å². The Morgan fingerprint density at radius 3 is 2.91 bits per heavy atom. The maximum atomic E-state index is 6.29. The first kappa shape index (κ1) is 16.1. The van der Waals surface area contributed by atoms with E-state index in [2.05, 4.69) is 27.4 Å². The van der Waals surface area contributed by atoms with Gasteiger partial charge in [-0.1, -0.05) is 22.8 Å². The van der Waals surface area contributed by atoms with Gasteiger partial charge in [0.05, 0.1) is 20.3 Å². The second-order valence-electron chi connectivity index (χ2n) is 4.35. The van der Waals surface area contributed by atoms with Crippen LogP contribution >= 0.6 is 11.6 Å². The molecule has 0 atom stereocenters. The van der Waals surface area contributed by atoms with E-state index in [-0.39, 0.29) is 0 Å². The van der Waals surface area contributed by atoms with Gasteiger partial charge in [-0.2, -0.15) is 0 Å². The topological polar surface area (TPSA) is 74.1 Å². The number of aromatic nitrogens is 4. The maximum absolute atomic E-state index is 6.29. The molecule has 1 aromatic heterocycles. The average Bonchev–Trinajstić information content (AvgIpc) is 2.94. The number of anilines is 1. The van der Waals surface area contributed by atoms with Gasteiger partial charge in [-0.3, -0.25) is 0 Å². The summed E-state index contributed by atoms with van der Waals surface area (Å²) in [6.07, 6.45) is 1.72. The smallest absolute Gasteiger partial charge is 0.243 e. The first-order valence-electron chi connectivity index (χ1n) is 6.79. The summed E-state index contributed by atoms with van der Waals surface area (Å²) < 4.78 is 12.4. The number of allylic oxidation sites excluding steroid dienone is 1. The van der Waals surface area contributed by atoms with Crippen molar-refractivity contribution in [2.45, 2.75) is 20.0 Å². The van der Waals surface area contributed by atoms with Crippen LogP contribution < -0.4 is 14.8 Å². The van der Waals surface area contributed by atoms with Gasteiger partial charge in [0.2, 0.25) is 5.95 Å². The van der Waals surface area contributed by atoms with Gasteiger partial charge in [0.15, 0.2) is 11.5 Å². The Balaban J connectivity index is 2.15. The fourth-order valence-electron chi connectivity index (χ4n) is 1.89. The van der Waals surface area contributed by atoms with Crippen LogP contribution in [0.5, 0.6) is 11.5 Å². The number of hydrogen-bond donors (Lipinski definition) is 1. The molecule has 118 valence electrons. The van der Waals surface area contributed by atoms with E-state index in [1.54, 1.807) is 23.9 Å². The molecule has 22 heavy (non-hydrogen) atoms. The van der Waals surface area contributed by atoms with Gasteiger partial charge in [-0.25, -0.2) is 4.68 Å². The Bertz CT molecular complexity index is 644. The zero-order chi connectivity index (χ0) is 15.9. The summed E-state index contributed by atoms with van der Waals surface area (Å²) in [5.74, 6) is 1.80. The number of nitrogens with zero attached hydrogens (tertiary/aromatic N) is 4. The van der Waals surface area contributed by atoms with E-state index >= 15 is 0 Å². The predicted octanol–water partition coefficient (Wildman–Crippen LogP) is 2.53. The van der Waals surface area contributed by atoms with E-state index in [9.17, 15) is 0 Å². The highest BCUT2D eigenvalue weighted by molar-refractivity contribution is 6.31. The van der Waals surface area contributed by atoms with Crippen molar-refractivity contribution in [1.29, 1.82) is 0 Å². The number of ether oxygens (including phenoxy) is 2. The minimum absolute atomic E-state index is 0.457. The molecule has 0 saturated heterocycles. The predicted molar refractivity (Wildman–Crippen MR) is 84.5 cm³/mol. The maximum Gasteiger partial charge on any atom is 0.243 e. The standard InChI is InChI=1S/C14H18ClN5O2/c1-4-6-20-14(17-18-19-20)16-9-10-7-12(21-3)13(22-5-2)8-11(10)15/h4,7-8H,1,5-6,9H2,2-3H3,(H,16,17,19). The van der Waals surface area contributed by atoms with Gasteiger partial charge in [0.25, 0.3) is 0 Å². The van der Waals surface area contributed by atoms with Crippen LogP contribution in [0.3, 0.4) is 0 Å². The summed E-state index contributed by atoms with van der Waals surface area (Å²) in [6.45, 7) is 7.09. The number of benzene rings is 1. The van der Waals surface area contributed by atoms with Crippen LogP contribution in [0.2, 0.25) is 5.02 Å². The number of tetrazole rings is 1. The minimum Gasteiger partial charge on any atom is -0.493 e. The Morgan fingerprint density at radius 1 is 1.41 bits per heavy atom. The van der Waals surface area contributed by atoms with Crippen LogP contribution in [0.25, 0.3) is 0 Å². The number of methoxy groups -OCH3 is 1. The van der Waals surface area contributed by atoms with Crippen molar-refractivity contribution in [1.82, 2.24) is 20.2 Å². The number of halogens is 1. The number of nitrogens with one attached hydrogen (secondary N) is 1. The molecular formula is C14H18ClN5O2. The summed E-state index contributed by atoms with van der Waals surface area (Å²) >= 11 is 6.29. The van der Waals surface area contributed by atoms with Crippen LogP contribution in [0.15, 0.2) is 24.8 Å². The monoisotopic (exact) mass is 323 g/mol. The third kappa shape index (κ3) is 3.67. The molecule has 1 aromatic carbocycles. The molecule has 0 amide bonds. The van der Waals surface area contributed by atoms with E-state index in [0.717, 1.165) is 5.56 Å². The Hall–Kier alpha value is -2.28. The van der Waals surface area contributed by atoms with Gasteiger partial charge < -0.3 is 14.8 Å². The molecule has 0 spiro atoms. The molecule has 0 unspecified atom stereocenters. The molecule has 0 aliphatic carbocycles. The van der Waals surface area contributed by atoms with Gasteiger partial charge in [-0.15, -0.1) is 6.58 Å². The molecule has 0 saturated carbocycles. The van der Waals surface area contributed by atoms with Crippen LogP contribution in [-0.4, -0.2) is 33.9 Å². The average molecular weight is 324 g/mol. The molecule has 2 aromatic rings. The molecular weight excluding hydrogens is 306 g/mol. The van der Waals surface area contributed by atoms with Crippen LogP contribution in [0.1, 0.15) is 12.5 Å². The molecule has 2 rings (SSSR count). The van der Waals surface area contributed by atoms with Crippen molar-refractivity contribution in [3.05, 3.63) is 35.4 Å². The molecule has 0 radical (unpaired) electrons. The number of rotatable bonds is 8. The number of hydrogen-bond acceptors (Lipinski definition) is 6. The van der Waals surface area contributed by atoms with Crippen molar-refractivity contribution in [2.75, 3.05) is 19.0 Å². The first-order valence-corrected chi connectivity index (χ1v) is 7.17. The van der Waals surface area contributed by atoms with E-state index in [1.165, 1.54) is 0 Å². The quantitative estimate of drug-likeness (QED) is 0.752. The Labute approximate surface area is 133 Å². The molecule has 1 heterocycles. The van der Waals surface area contributed by atoms with Crippen LogP contribution in [0.4, 0.5) is 5.95 Å². The van der Waals surface area contributed by atoms with Crippen molar-refractivity contribution in [3.63, 3.8) is 0 Å². The Morgan fingerprint density at radius 2 is 2.23 bits per heavy atom. The molecule has 0 aliphatic rings. The molecule has 1 N–H and O–H groups in total. The van der Waals surface area contributed by atoms with E-state index in [1.807, 2.05) is 13.0 Å². The molecule has 0 fully saturated rings. The summed E-state index contributed by atoms with van der Waals surface area (Å²) in [4.78, 5) is 0. The molecule has 7 nitrogen and oxygen atoms in total. The van der Waals surface area contributed by atoms with Crippen molar-refractivity contribution < 1.29 is 9.47 Å². The van der Waals surface area contributed by atoms with Crippen molar-refractivity contribution in [2.24, 2.45) is 0 Å². The van der Waals surface area contributed by atoms with Gasteiger partial charge in [0, 0.05) is 17.6 Å². The lowest BCUT2D eigenvalue weighted by molar-refractivity contribution is 0.310. The van der Waals surface area contributed by atoms with Crippen LogP contribution in [-0.2, 0) is 13.1 Å². The fourth-order valence-corrected chi connectivity index (χ4v) is 2.11. The lowest BCUT2D eigenvalue weighted by Gasteiger charge is -2.13. The van der Waals surface area contributed by atoms with E-state index < -0.39 is 0 Å². The summed E-state index contributed by atoms with van der Waals surface area (Å²) in [6, 6.07) is 3.58. The summed E-state index contributed by atoms with van der Waals surface area (Å²) in [7, 11) is 1.59. The second-order valence-corrected chi connectivity index (χ2v) is 4.76. The highest BCUT2D eigenvalue weighted by atomic mass is 35.5. The Kier molecular flexibility index (Phi) is 5.60. The molecule has 0 aliphatic heterocycles. The highest BCUT2D eigenvalue weighted by Crippen LogP contribution is 2.33. The summed E-state index contributed by atoms with van der Waals surface area (Å²) in [5, 5.41) is 15.1. The van der Waals surface area contributed by atoms with Crippen molar-refractivity contribution >= 4 is 17.5 Å². The van der Waals surface area contributed by atoms with Gasteiger partial charge in [-0.05, 0) is 29.0 Å². The highest BCUT2D eigenvalue weighted by Gasteiger charge is 2.11. The molecule has 0 bridgehead atoms. The van der Waals surface area contributed by atoms with E-state index in [0.29, 0.717) is 42.2 Å². The third-order valence-electron chi connectivity index (χ3n) is 2.90. The zero-order valence-corrected chi connectivity index (χ0v) is 13.3. The molecule has 8 heteroatoms. The second kappa shape index (κ2) is 7.65. The largest absolute Gasteiger partial charge is 0.493 e. The minimum atomic E-state index is 0.457.